The predicted molar refractivity (Wildman–Crippen MR) is 119 cm³/mol. The second-order valence-corrected chi connectivity index (χ2v) is 7.06. The highest BCUT2D eigenvalue weighted by Crippen LogP contribution is 2.25. The zero-order valence-electron chi connectivity index (χ0n) is 16.9. The number of nitrogens with zero attached hydrogens (tertiary/aromatic N) is 2. The molecule has 6 nitrogen and oxygen atoms in total. The van der Waals surface area contributed by atoms with Gasteiger partial charge in [0.25, 0.3) is 5.91 Å². The lowest BCUT2D eigenvalue weighted by molar-refractivity contribution is -0.114. The maximum absolute atomic E-state index is 12.8. The van der Waals surface area contributed by atoms with Crippen LogP contribution < -0.4 is 9.75 Å². The average Bonchev–Trinajstić information content (AvgIpc) is 3.07. The lowest BCUT2D eigenvalue weighted by Crippen LogP contribution is -2.21. The Morgan fingerprint density at radius 2 is 1.77 bits per heavy atom. The van der Waals surface area contributed by atoms with E-state index in [1.165, 1.54) is 5.01 Å². The fraction of sp³-hybridized carbons (Fsp3) is 0.0800. The number of para-hydroxylation sites is 1. The van der Waals surface area contributed by atoms with E-state index in [0.29, 0.717) is 17.0 Å². The van der Waals surface area contributed by atoms with Crippen LogP contribution in [-0.2, 0) is 11.4 Å². The van der Waals surface area contributed by atoms with Crippen molar-refractivity contribution in [3.63, 3.8) is 0 Å². The number of benzene rings is 3. The fourth-order valence-electron chi connectivity index (χ4n) is 3.22. The first-order valence-electron chi connectivity index (χ1n) is 9.73. The van der Waals surface area contributed by atoms with Crippen molar-refractivity contribution >= 4 is 29.4 Å². The van der Waals surface area contributed by atoms with E-state index in [0.717, 1.165) is 16.8 Å². The average molecular weight is 412 g/mol. The number of carboxylic acid groups (broad SMARTS) is 1. The Morgan fingerprint density at radius 3 is 2.48 bits per heavy atom. The molecular formula is C25H20N2O4. The molecule has 154 valence electrons. The van der Waals surface area contributed by atoms with E-state index < -0.39 is 5.97 Å². The molecule has 4 rings (SSSR count). The highest BCUT2D eigenvalue weighted by molar-refractivity contribution is 6.32. The van der Waals surface area contributed by atoms with Gasteiger partial charge in [-0.25, -0.2) is 4.79 Å². The number of hydrazone groups is 1. The fourth-order valence-corrected chi connectivity index (χ4v) is 3.22. The van der Waals surface area contributed by atoms with Crippen molar-refractivity contribution < 1.29 is 19.4 Å². The summed E-state index contributed by atoms with van der Waals surface area (Å²) in [4.78, 5) is 23.9. The van der Waals surface area contributed by atoms with E-state index in [9.17, 15) is 9.59 Å². The molecule has 0 atom stereocenters. The maximum Gasteiger partial charge on any atom is 0.335 e. The van der Waals surface area contributed by atoms with Gasteiger partial charge in [-0.2, -0.15) is 10.1 Å². The van der Waals surface area contributed by atoms with Crippen LogP contribution in [0.2, 0.25) is 0 Å². The minimum atomic E-state index is -0.967. The van der Waals surface area contributed by atoms with Gasteiger partial charge in [0.15, 0.2) is 0 Å². The largest absolute Gasteiger partial charge is 0.489 e. The lowest BCUT2D eigenvalue weighted by Gasteiger charge is -2.11. The summed E-state index contributed by atoms with van der Waals surface area (Å²) in [6.45, 7) is 2.08. The molecule has 3 aromatic carbocycles. The quantitative estimate of drug-likeness (QED) is 0.592. The third-order valence-corrected chi connectivity index (χ3v) is 4.83. The summed E-state index contributed by atoms with van der Waals surface area (Å²) < 4.78 is 5.76. The third-order valence-electron chi connectivity index (χ3n) is 4.83. The van der Waals surface area contributed by atoms with Crippen LogP contribution >= 0.6 is 0 Å². The van der Waals surface area contributed by atoms with Gasteiger partial charge in [-0.05, 0) is 60.5 Å². The summed E-state index contributed by atoms with van der Waals surface area (Å²) in [6, 6.07) is 23.3. The second kappa shape index (κ2) is 8.67. The molecule has 0 radical (unpaired) electrons. The second-order valence-electron chi connectivity index (χ2n) is 7.06. The zero-order chi connectivity index (χ0) is 21.8. The number of hydrogen-bond donors (Lipinski definition) is 1. The Bertz CT molecular complexity index is 1180. The van der Waals surface area contributed by atoms with E-state index in [2.05, 4.69) is 5.10 Å². The molecule has 0 bridgehead atoms. The van der Waals surface area contributed by atoms with E-state index in [1.54, 1.807) is 18.2 Å². The first-order chi connectivity index (χ1) is 15.0. The predicted octanol–water partition coefficient (Wildman–Crippen LogP) is 4.77. The smallest absolute Gasteiger partial charge is 0.335 e. The van der Waals surface area contributed by atoms with Gasteiger partial charge in [0.05, 0.1) is 22.5 Å². The van der Waals surface area contributed by atoms with Gasteiger partial charge in [-0.1, -0.05) is 42.5 Å². The monoisotopic (exact) mass is 412 g/mol. The highest BCUT2D eigenvalue weighted by atomic mass is 16.5. The molecule has 3 aromatic rings. The molecule has 0 saturated heterocycles. The van der Waals surface area contributed by atoms with Crippen LogP contribution in [-0.4, -0.2) is 22.7 Å². The zero-order valence-corrected chi connectivity index (χ0v) is 16.9. The number of amides is 1. The summed E-state index contributed by atoms with van der Waals surface area (Å²) in [7, 11) is 0. The number of carbonyl (C=O) groups is 2. The molecule has 0 fully saturated rings. The van der Waals surface area contributed by atoms with Crippen molar-refractivity contribution in [1.82, 2.24) is 0 Å². The van der Waals surface area contributed by atoms with Crippen LogP contribution in [0.25, 0.3) is 6.08 Å². The molecule has 31 heavy (non-hydrogen) atoms. The molecule has 1 heterocycles. The molecule has 0 saturated carbocycles. The first-order valence-corrected chi connectivity index (χ1v) is 9.73. The van der Waals surface area contributed by atoms with Gasteiger partial charge in [-0.15, -0.1) is 0 Å². The summed E-state index contributed by atoms with van der Waals surface area (Å²) in [6.07, 6.45) is 1.81. The van der Waals surface area contributed by atoms with Crippen LogP contribution in [0.5, 0.6) is 5.75 Å². The van der Waals surface area contributed by atoms with Crippen molar-refractivity contribution in [2.24, 2.45) is 5.10 Å². The van der Waals surface area contributed by atoms with Crippen molar-refractivity contribution in [2.45, 2.75) is 13.5 Å². The van der Waals surface area contributed by atoms with E-state index in [1.807, 2.05) is 73.7 Å². The van der Waals surface area contributed by atoms with Gasteiger partial charge in [0, 0.05) is 0 Å². The van der Waals surface area contributed by atoms with Crippen LogP contribution in [0, 0.1) is 0 Å². The van der Waals surface area contributed by atoms with Crippen LogP contribution in [0.15, 0.2) is 89.5 Å². The minimum absolute atomic E-state index is 0.165. The number of rotatable bonds is 6. The van der Waals surface area contributed by atoms with Gasteiger partial charge in [0.1, 0.15) is 12.4 Å². The third kappa shape index (κ3) is 4.53. The first kappa shape index (κ1) is 20.1. The molecule has 1 N–H and O–H groups in total. The molecule has 1 aliphatic rings. The summed E-state index contributed by atoms with van der Waals surface area (Å²) in [5.74, 6) is -0.482. The van der Waals surface area contributed by atoms with Crippen LogP contribution in [0.1, 0.15) is 28.4 Å². The minimum Gasteiger partial charge on any atom is -0.489 e. The number of carbonyl (C=O) groups excluding carboxylic acids is 1. The summed E-state index contributed by atoms with van der Waals surface area (Å²) >= 11 is 0. The van der Waals surface area contributed by atoms with Crippen LogP contribution in [0.3, 0.4) is 0 Å². The standard InChI is InChI=1S/C25H20N2O4/c1-17-23(24(28)27(26-17)21-8-3-2-4-9-21)15-18-10-12-22(13-11-18)31-16-19-6-5-7-20(14-19)25(29)30/h2-15H,16H2,1H3,(H,29,30)/b23-15+. The number of anilines is 1. The van der Waals surface area contributed by atoms with Crippen molar-refractivity contribution in [2.75, 3.05) is 5.01 Å². The maximum atomic E-state index is 12.8. The Labute approximate surface area is 179 Å². The Morgan fingerprint density at radius 1 is 1.03 bits per heavy atom. The van der Waals surface area contributed by atoms with Gasteiger partial charge >= 0.3 is 5.97 Å². The summed E-state index contributed by atoms with van der Waals surface area (Å²) in [5, 5.41) is 14.9. The highest BCUT2D eigenvalue weighted by Gasteiger charge is 2.28. The van der Waals surface area contributed by atoms with Gasteiger partial charge in [0.2, 0.25) is 0 Å². The SMILES string of the molecule is CC1=NN(c2ccccc2)C(=O)/C1=C/c1ccc(OCc2cccc(C(=O)O)c2)cc1. The number of ether oxygens (including phenoxy) is 1. The Kier molecular flexibility index (Phi) is 5.62. The molecule has 0 aliphatic carbocycles. The summed E-state index contributed by atoms with van der Waals surface area (Å²) in [5.41, 5.74) is 3.79. The van der Waals surface area contributed by atoms with Crippen molar-refractivity contribution in [1.29, 1.82) is 0 Å². The Hall–Kier alpha value is -4.19. The number of carboxylic acids is 1. The number of hydrogen-bond acceptors (Lipinski definition) is 4. The van der Waals surface area contributed by atoms with E-state index in [4.69, 9.17) is 9.84 Å². The molecule has 1 amide bonds. The number of aromatic carboxylic acids is 1. The van der Waals surface area contributed by atoms with Crippen LogP contribution in [0.4, 0.5) is 5.69 Å². The Balaban J connectivity index is 1.44. The van der Waals surface area contributed by atoms with E-state index >= 15 is 0 Å². The molecular weight excluding hydrogens is 392 g/mol. The molecule has 0 unspecified atom stereocenters. The van der Waals surface area contributed by atoms with Gasteiger partial charge < -0.3 is 9.84 Å². The normalized spacial score (nSPS) is 14.6. The molecule has 6 heteroatoms. The molecule has 1 aliphatic heterocycles. The topological polar surface area (TPSA) is 79.2 Å². The molecule has 0 aromatic heterocycles. The van der Waals surface area contributed by atoms with Crippen molar-refractivity contribution in [3.05, 3.63) is 101 Å². The van der Waals surface area contributed by atoms with Gasteiger partial charge in [-0.3, -0.25) is 4.79 Å². The van der Waals surface area contributed by atoms with Crippen molar-refractivity contribution in [3.8, 4) is 5.75 Å². The van der Waals surface area contributed by atoms with E-state index in [-0.39, 0.29) is 18.1 Å². The molecule has 0 spiro atoms. The lowest BCUT2D eigenvalue weighted by atomic mass is 10.1.